The molecule has 2 atom stereocenters. The molecule has 0 amide bonds. The summed E-state index contributed by atoms with van der Waals surface area (Å²) in [5, 5.41) is 14.0. The van der Waals surface area contributed by atoms with E-state index >= 15 is 0 Å². The first-order valence-electron chi connectivity index (χ1n) is 6.57. The highest BCUT2D eigenvalue weighted by Crippen LogP contribution is 2.30. The fraction of sp³-hybridized carbons (Fsp3) is 0.692. The molecule has 0 spiro atoms. The molecule has 1 aliphatic heterocycles. The van der Waals surface area contributed by atoms with Crippen LogP contribution in [0.15, 0.2) is 17.5 Å². The summed E-state index contributed by atoms with van der Waals surface area (Å²) in [4.78, 5) is 3.45. The second-order valence-corrected chi connectivity index (χ2v) is 5.91. The first-order valence-corrected chi connectivity index (χ1v) is 7.45. The van der Waals surface area contributed by atoms with Crippen LogP contribution in [-0.4, -0.2) is 55.3 Å². The molecule has 1 aliphatic rings. The summed E-state index contributed by atoms with van der Waals surface area (Å²) in [5.41, 5.74) is 0. The Kier molecular flexibility index (Phi) is 5.69. The van der Waals surface area contributed by atoms with Crippen LogP contribution in [0.4, 0.5) is 8.78 Å². The molecule has 3 nitrogen and oxygen atoms in total. The minimum absolute atomic E-state index is 0.0707. The van der Waals surface area contributed by atoms with Crippen LogP contribution in [0.1, 0.15) is 17.2 Å². The van der Waals surface area contributed by atoms with E-state index in [1.54, 1.807) is 11.3 Å². The molecule has 2 rings (SSSR count). The molecule has 0 aliphatic carbocycles. The van der Waals surface area contributed by atoms with Crippen molar-refractivity contribution >= 4 is 11.3 Å². The summed E-state index contributed by atoms with van der Waals surface area (Å²) in [7, 11) is 0. The van der Waals surface area contributed by atoms with E-state index in [1.165, 1.54) is 4.88 Å². The van der Waals surface area contributed by atoms with Crippen molar-refractivity contribution < 1.29 is 13.9 Å². The lowest BCUT2D eigenvalue weighted by Crippen LogP contribution is -2.50. The first-order chi connectivity index (χ1) is 9.19. The fourth-order valence-electron chi connectivity index (χ4n) is 2.65. The van der Waals surface area contributed by atoms with Crippen LogP contribution in [0.3, 0.4) is 0 Å². The molecule has 2 heterocycles. The number of hydrogen-bond acceptors (Lipinski definition) is 4. The summed E-state index contributed by atoms with van der Waals surface area (Å²) in [5.74, 6) is 0.371. The molecular formula is C13H20F2N2OS. The van der Waals surface area contributed by atoms with Crippen LogP contribution >= 0.6 is 11.3 Å². The number of nitrogens with one attached hydrogen (secondary N) is 1. The number of alkyl halides is 2. The highest BCUT2D eigenvalue weighted by atomic mass is 32.1. The Morgan fingerprint density at radius 3 is 2.95 bits per heavy atom. The molecule has 1 fully saturated rings. The van der Waals surface area contributed by atoms with Gasteiger partial charge in [-0.2, -0.15) is 0 Å². The molecule has 108 valence electrons. The molecule has 0 saturated carbocycles. The maximum absolute atomic E-state index is 12.3. The topological polar surface area (TPSA) is 35.5 Å². The van der Waals surface area contributed by atoms with Crippen LogP contribution in [-0.2, 0) is 0 Å². The summed E-state index contributed by atoms with van der Waals surface area (Å²) in [6.45, 7) is 2.09. The number of aliphatic hydroxyl groups excluding tert-OH is 1. The molecule has 2 unspecified atom stereocenters. The quantitative estimate of drug-likeness (QED) is 0.838. The molecule has 0 radical (unpaired) electrons. The molecule has 0 bridgehead atoms. The van der Waals surface area contributed by atoms with Gasteiger partial charge in [0, 0.05) is 36.5 Å². The van der Waals surface area contributed by atoms with Gasteiger partial charge in [0.25, 0.3) is 6.43 Å². The predicted molar refractivity (Wildman–Crippen MR) is 73.0 cm³/mol. The Bertz CT molecular complexity index is 362. The highest BCUT2D eigenvalue weighted by molar-refractivity contribution is 7.10. The predicted octanol–water partition coefficient (Wildman–Crippen LogP) is 1.75. The van der Waals surface area contributed by atoms with E-state index in [2.05, 4.69) is 16.3 Å². The van der Waals surface area contributed by atoms with E-state index < -0.39 is 6.43 Å². The van der Waals surface area contributed by atoms with Gasteiger partial charge in [-0.1, -0.05) is 6.07 Å². The minimum atomic E-state index is -2.31. The zero-order chi connectivity index (χ0) is 13.7. The fourth-order valence-corrected chi connectivity index (χ4v) is 3.48. The number of β-amino-alcohol motifs (C(OH)–C–C–N with tert-alkyl or cyclic N) is 1. The van der Waals surface area contributed by atoms with Crippen molar-refractivity contribution in [3.8, 4) is 0 Å². The molecule has 2 N–H and O–H groups in total. The lowest BCUT2D eigenvalue weighted by Gasteiger charge is -2.37. The normalized spacial score (nSPS) is 25.1. The average Bonchev–Trinajstić information content (AvgIpc) is 2.90. The molecule has 0 aromatic carbocycles. The van der Waals surface area contributed by atoms with Gasteiger partial charge in [-0.3, -0.25) is 4.90 Å². The Labute approximate surface area is 116 Å². The minimum Gasteiger partial charge on any atom is -0.395 e. The van der Waals surface area contributed by atoms with E-state index in [0.29, 0.717) is 12.5 Å². The summed E-state index contributed by atoms with van der Waals surface area (Å²) in [6.07, 6.45) is -1.43. The number of likely N-dealkylation sites (tertiary alicyclic amines) is 1. The second kappa shape index (κ2) is 7.28. The number of halogens is 2. The number of rotatable bonds is 6. The zero-order valence-electron chi connectivity index (χ0n) is 10.8. The monoisotopic (exact) mass is 290 g/mol. The van der Waals surface area contributed by atoms with Gasteiger partial charge in [0.05, 0.1) is 13.2 Å². The lowest BCUT2D eigenvalue weighted by molar-refractivity contribution is 0.112. The van der Waals surface area contributed by atoms with E-state index in [-0.39, 0.29) is 19.2 Å². The van der Waals surface area contributed by atoms with Gasteiger partial charge in [-0.05, 0) is 17.9 Å². The molecular weight excluding hydrogens is 270 g/mol. The second-order valence-electron chi connectivity index (χ2n) is 4.93. The van der Waals surface area contributed by atoms with E-state index in [1.807, 2.05) is 11.4 Å². The number of piperidine rings is 1. The van der Waals surface area contributed by atoms with Crippen LogP contribution in [0.25, 0.3) is 0 Å². The molecule has 19 heavy (non-hydrogen) atoms. The van der Waals surface area contributed by atoms with Gasteiger partial charge in [0.15, 0.2) is 0 Å². The van der Waals surface area contributed by atoms with Crippen LogP contribution in [0, 0.1) is 0 Å². The van der Waals surface area contributed by atoms with Crippen molar-refractivity contribution in [1.82, 2.24) is 10.2 Å². The number of thiophene rings is 1. The van der Waals surface area contributed by atoms with Crippen LogP contribution < -0.4 is 5.32 Å². The SMILES string of the molecule is OCCN1CC(NCC(F)F)CC(c2cccs2)C1. The average molecular weight is 290 g/mol. The molecule has 1 aromatic rings. The first kappa shape index (κ1) is 14.8. The molecule has 1 saturated heterocycles. The van der Waals surface area contributed by atoms with Crippen molar-refractivity contribution in [3.05, 3.63) is 22.4 Å². The third-order valence-electron chi connectivity index (χ3n) is 3.45. The van der Waals surface area contributed by atoms with Crippen molar-refractivity contribution in [2.75, 3.05) is 32.8 Å². The molecule has 6 heteroatoms. The lowest BCUT2D eigenvalue weighted by atomic mass is 9.93. The van der Waals surface area contributed by atoms with Gasteiger partial charge in [0.1, 0.15) is 0 Å². The highest BCUT2D eigenvalue weighted by Gasteiger charge is 2.28. The van der Waals surface area contributed by atoms with Crippen molar-refractivity contribution in [3.63, 3.8) is 0 Å². The summed E-state index contributed by atoms with van der Waals surface area (Å²) in [6, 6.07) is 4.19. The number of aliphatic hydroxyl groups is 1. The standard InChI is InChI=1S/C13H20F2N2OS/c14-13(15)7-16-11-6-10(12-2-1-5-19-12)8-17(9-11)3-4-18/h1-2,5,10-11,13,16,18H,3-4,6-9H2. The Morgan fingerprint density at radius 1 is 1.47 bits per heavy atom. The largest absolute Gasteiger partial charge is 0.395 e. The van der Waals surface area contributed by atoms with Crippen LogP contribution in [0.2, 0.25) is 0 Å². The summed E-state index contributed by atoms with van der Waals surface area (Å²) < 4.78 is 24.6. The van der Waals surface area contributed by atoms with E-state index in [4.69, 9.17) is 5.11 Å². The van der Waals surface area contributed by atoms with Crippen molar-refractivity contribution in [2.45, 2.75) is 24.8 Å². The Morgan fingerprint density at radius 2 is 2.32 bits per heavy atom. The third kappa shape index (κ3) is 4.49. The van der Waals surface area contributed by atoms with Gasteiger partial charge in [0.2, 0.25) is 0 Å². The Hall–Kier alpha value is -0.560. The smallest absolute Gasteiger partial charge is 0.250 e. The van der Waals surface area contributed by atoms with E-state index in [0.717, 1.165) is 19.5 Å². The van der Waals surface area contributed by atoms with Crippen molar-refractivity contribution in [2.24, 2.45) is 0 Å². The van der Waals surface area contributed by atoms with Gasteiger partial charge < -0.3 is 10.4 Å². The van der Waals surface area contributed by atoms with Gasteiger partial charge >= 0.3 is 0 Å². The number of nitrogens with zero attached hydrogens (tertiary/aromatic N) is 1. The van der Waals surface area contributed by atoms with E-state index in [9.17, 15) is 8.78 Å². The van der Waals surface area contributed by atoms with Gasteiger partial charge in [-0.15, -0.1) is 11.3 Å². The maximum Gasteiger partial charge on any atom is 0.250 e. The Balaban J connectivity index is 1.96. The van der Waals surface area contributed by atoms with Crippen molar-refractivity contribution in [1.29, 1.82) is 0 Å². The van der Waals surface area contributed by atoms with Crippen LogP contribution in [0.5, 0.6) is 0 Å². The zero-order valence-corrected chi connectivity index (χ0v) is 11.6. The number of hydrogen-bond donors (Lipinski definition) is 2. The molecule has 1 aromatic heterocycles. The maximum atomic E-state index is 12.3. The summed E-state index contributed by atoms with van der Waals surface area (Å²) >= 11 is 1.71. The third-order valence-corrected chi connectivity index (χ3v) is 4.48. The van der Waals surface area contributed by atoms with Gasteiger partial charge in [-0.25, -0.2) is 8.78 Å².